The molecule has 0 saturated heterocycles. The number of allylic oxidation sites excluding steroid dienone is 4. The van der Waals surface area contributed by atoms with Crippen LogP contribution in [0.2, 0.25) is 0 Å². The number of hydrogen-bond donors (Lipinski definition) is 0. The molecular weight excluding hydrogens is 314 g/mol. The Hall–Kier alpha value is -3.06. The number of benzene rings is 3. The highest BCUT2D eigenvalue weighted by atomic mass is 15.1. The molecule has 0 radical (unpaired) electrons. The maximum absolute atomic E-state index is 2.28. The molecule has 3 aromatic rings. The Balaban J connectivity index is 1.57. The van der Waals surface area contributed by atoms with Gasteiger partial charge in [-0.25, -0.2) is 0 Å². The average Bonchev–Trinajstić information content (AvgIpc) is 2.75. The Labute approximate surface area is 155 Å². The van der Waals surface area contributed by atoms with E-state index in [1.165, 1.54) is 28.1 Å². The van der Waals surface area contributed by atoms with Crippen molar-refractivity contribution in [1.29, 1.82) is 0 Å². The average molecular weight is 337 g/mol. The highest BCUT2D eigenvalue weighted by Crippen LogP contribution is 2.31. The molecule has 1 aliphatic rings. The predicted molar refractivity (Wildman–Crippen MR) is 112 cm³/mol. The van der Waals surface area contributed by atoms with Crippen LogP contribution in [0, 0.1) is 0 Å². The number of anilines is 2. The Bertz CT molecular complexity index is 920. The standard InChI is InChI=1S/C25H23N/c1-26(24-17-15-22(16-18-24)20-9-4-2-5-10-20)25-14-8-13-23(19-25)21-11-6-3-7-12-21/h2-9,11-20H,10H2,1H3. The molecule has 1 unspecified atom stereocenters. The molecule has 4 rings (SSSR count). The van der Waals surface area contributed by atoms with E-state index >= 15 is 0 Å². The van der Waals surface area contributed by atoms with E-state index in [4.69, 9.17) is 0 Å². The maximum Gasteiger partial charge on any atom is 0.0414 e. The van der Waals surface area contributed by atoms with Gasteiger partial charge in [-0.3, -0.25) is 0 Å². The second-order valence-electron chi connectivity index (χ2n) is 6.72. The highest BCUT2D eigenvalue weighted by molar-refractivity contribution is 5.72. The number of nitrogens with zero attached hydrogens (tertiary/aromatic N) is 1. The van der Waals surface area contributed by atoms with E-state index < -0.39 is 0 Å². The summed E-state index contributed by atoms with van der Waals surface area (Å²) in [6.45, 7) is 0. The van der Waals surface area contributed by atoms with Crippen molar-refractivity contribution in [3.05, 3.63) is 109 Å². The van der Waals surface area contributed by atoms with Crippen LogP contribution >= 0.6 is 0 Å². The first kappa shape index (κ1) is 16.4. The molecular formula is C25H23N. The van der Waals surface area contributed by atoms with Crippen molar-refractivity contribution in [2.75, 3.05) is 11.9 Å². The summed E-state index contributed by atoms with van der Waals surface area (Å²) < 4.78 is 0. The van der Waals surface area contributed by atoms with Gasteiger partial charge in [-0.1, -0.05) is 78.9 Å². The monoisotopic (exact) mass is 337 g/mol. The van der Waals surface area contributed by atoms with Crippen molar-refractivity contribution < 1.29 is 0 Å². The summed E-state index contributed by atoms with van der Waals surface area (Å²) in [6, 6.07) is 28.2. The van der Waals surface area contributed by atoms with E-state index in [0.717, 1.165) is 6.42 Å². The van der Waals surface area contributed by atoms with Gasteiger partial charge in [0.2, 0.25) is 0 Å². The number of hydrogen-bond acceptors (Lipinski definition) is 1. The fourth-order valence-corrected chi connectivity index (χ4v) is 3.45. The van der Waals surface area contributed by atoms with Gasteiger partial charge in [0.1, 0.15) is 0 Å². The molecule has 0 fully saturated rings. The summed E-state index contributed by atoms with van der Waals surface area (Å²) in [5.74, 6) is 0.501. The quantitative estimate of drug-likeness (QED) is 0.510. The molecule has 0 amide bonds. The summed E-state index contributed by atoms with van der Waals surface area (Å²) in [4.78, 5) is 2.24. The summed E-state index contributed by atoms with van der Waals surface area (Å²) in [5.41, 5.74) is 6.26. The van der Waals surface area contributed by atoms with Crippen molar-refractivity contribution in [3.63, 3.8) is 0 Å². The molecule has 1 atom stereocenters. The first-order valence-electron chi connectivity index (χ1n) is 9.14. The molecule has 0 spiro atoms. The second kappa shape index (κ2) is 7.45. The van der Waals surface area contributed by atoms with Gasteiger partial charge in [-0.15, -0.1) is 0 Å². The summed E-state index contributed by atoms with van der Waals surface area (Å²) in [5, 5.41) is 0. The lowest BCUT2D eigenvalue weighted by atomic mass is 9.92. The fraction of sp³-hybridized carbons (Fsp3) is 0.120. The van der Waals surface area contributed by atoms with Crippen LogP contribution < -0.4 is 4.90 Å². The second-order valence-corrected chi connectivity index (χ2v) is 6.72. The maximum atomic E-state index is 2.28. The molecule has 0 aromatic heterocycles. The normalized spacial score (nSPS) is 15.8. The van der Waals surface area contributed by atoms with Crippen molar-refractivity contribution in [2.24, 2.45) is 0 Å². The number of rotatable bonds is 4. The molecule has 26 heavy (non-hydrogen) atoms. The zero-order chi connectivity index (χ0) is 17.8. The van der Waals surface area contributed by atoms with Gasteiger partial charge in [0.05, 0.1) is 0 Å². The lowest BCUT2D eigenvalue weighted by Crippen LogP contribution is -2.09. The highest BCUT2D eigenvalue weighted by Gasteiger charge is 2.10. The molecule has 1 nitrogen and oxygen atoms in total. The van der Waals surface area contributed by atoms with Crippen molar-refractivity contribution in [2.45, 2.75) is 12.3 Å². The fourth-order valence-electron chi connectivity index (χ4n) is 3.45. The minimum atomic E-state index is 0.501. The molecule has 0 bridgehead atoms. The third-order valence-electron chi connectivity index (χ3n) is 5.03. The van der Waals surface area contributed by atoms with Crippen LogP contribution in [0.3, 0.4) is 0 Å². The van der Waals surface area contributed by atoms with E-state index in [1.54, 1.807) is 0 Å². The lowest BCUT2D eigenvalue weighted by molar-refractivity contribution is 0.853. The molecule has 128 valence electrons. The van der Waals surface area contributed by atoms with Crippen LogP contribution in [0.15, 0.2) is 103 Å². The first-order valence-corrected chi connectivity index (χ1v) is 9.14. The first-order chi connectivity index (χ1) is 12.8. The minimum absolute atomic E-state index is 0.501. The summed E-state index contributed by atoms with van der Waals surface area (Å²) >= 11 is 0. The van der Waals surface area contributed by atoms with Gasteiger partial charge in [0.25, 0.3) is 0 Å². The minimum Gasteiger partial charge on any atom is -0.345 e. The van der Waals surface area contributed by atoms with E-state index in [9.17, 15) is 0 Å². The van der Waals surface area contributed by atoms with E-state index in [0.29, 0.717) is 5.92 Å². The van der Waals surface area contributed by atoms with Gasteiger partial charge < -0.3 is 4.90 Å². The Morgan fingerprint density at radius 1 is 0.731 bits per heavy atom. The zero-order valence-electron chi connectivity index (χ0n) is 15.0. The molecule has 0 N–H and O–H groups in total. The Morgan fingerprint density at radius 2 is 1.50 bits per heavy atom. The Kier molecular flexibility index (Phi) is 4.70. The van der Waals surface area contributed by atoms with Crippen LogP contribution in [0.1, 0.15) is 17.9 Å². The summed E-state index contributed by atoms with van der Waals surface area (Å²) in [7, 11) is 2.13. The molecule has 1 heteroatoms. The summed E-state index contributed by atoms with van der Waals surface area (Å²) in [6.07, 6.45) is 9.87. The molecule has 0 aliphatic heterocycles. The van der Waals surface area contributed by atoms with Crippen LogP contribution in [-0.4, -0.2) is 7.05 Å². The van der Waals surface area contributed by atoms with Crippen molar-refractivity contribution >= 4 is 11.4 Å². The zero-order valence-corrected chi connectivity index (χ0v) is 15.0. The third-order valence-corrected chi connectivity index (χ3v) is 5.03. The van der Waals surface area contributed by atoms with Gasteiger partial charge in [-0.05, 0) is 47.4 Å². The van der Waals surface area contributed by atoms with Gasteiger partial charge in [0.15, 0.2) is 0 Å². The predicted octanol–water partition coefficient (Wildman–Crippen LogP) is 6.72. The van der Waals surface area contributed by atoms with Crippen LogP contribution in [0.25, 0.3) is 11.1 Å². The van der Waals surface area contributed by atoms with Crippen molar-refractivity contribution in [1.82, 2.24) is 0 Å². The van der Waals surface area contributed by atoms with Crippen LogP contribution in [0.4, 0.5) is 11.4 Å². The van der Waals surface area contributed by atoms with Crippen LogP contribution in [-0.2, 0) is 0 Å². The molecule has 3 aromatic carbocycles. The van der Waals surface area contributed by atoms with E-state index in [1.807, 2.05) is 0 Å². The van der Waals surface area contributed by atoms with Crippen molar-refractivity contribution in [3.8, 4) is 11.1 Å². The SMILES string of the molecule is CN(c1ccc(C2C=CC=CC2)cc1)c1cccc(-c2ccccc2)c1. The van der Waals surface area contributed by atoms with Gasteiger partial charge >= 0.3 is 0 Å². The molecule has 1 aliphatic carbocycles. The largest absolute Gasteiger partial charge is 0.345 e. The van der Waals surface area contributed by atoms with Gasteiger partial charge in [0, 0.05) is 24.3 Å². The molecule has 0 heterocycles. The van der Waals surface area contributed by atoms with E-state index in [2.05, 4.69) is 115 Å². The lowest BCUT2D eigenvalue weighted by Gasteiger charge is -2.21. The Morgan fingerprint density at radius 3 is 2.23 bits per heavy atom. The smallest absolute Gasteiger partial charge is 0.0414 e. The van der Waals surface area contributed by atoms with Gasteiger partial charge in [-0.2, -0.15) is 0 Å². The van der Waals surface area contributed by atoms with Crippen LogP contribution in [0.5, 0.6) is 0 Å². The topological polar surface area (TPSA) is 3.24 Å². The van der Waals surface area contributed by atoms with E-state index in [-0.39, 0.29) is 0 Å². The third kappa shape index (κ3) is 3.48. The molecule has 0 saturated carbocycles.